The van der Waals surface area contributed by atoms with Crippen LogP contribution in [0.2, 0.25) is 0 Å². The minimum atomic E-state index is -0.584. The Morgan fingerprint density at radius 2 is 1.64 bits per heavy atom. The van der Waals surface area contributed by atoms with E-state index in [1.165, 1.54) is 4.90 Å². The van der Waals surface area contributed by atoms with E-state index in [1.807, 2.05) is 0 Å². The summed E-state index contributed by atoms with van der Waals surface area (Å²) < 4.78 is 10.5. The number of nitrogens with zero attached hydrogens (tertiary/aromatic N) is 1. The Bertz CT molecular complexity index is 444. The molecule has 1 aliphatic heterocycles. The number of Topliss-reactive ketones (excluding diaryl/α,β-unsaturated/α-hetero) is 1. The summed E-state index contributed by atoms with van der Waals surface area (Å²) in [4.78, 5) is 37.4. The van der Waals surface area contributed by atoms with Gasteiger partial charge in [0.25, 0.3) is 0 Å². The molecule has 0 aromatic heterocycles. The van der Waals surface area contributed by atoms with Crippen LogP contribution in [0.15, 0.2) is 0 Å². The molecule has 0 aliphatic carbocycles. The zero-order valence-electron chi connectivity index (χ0n) is 14.4. The number of ketones is 1. The summed E-state index contributed by atoms with van der Waals surface area (Å²) in [7, 11) is 0. The lowest BCUT2D eigenvalue weighted by Crippen LogP contribution is -2.46. The average molecular weight is 313 g/mol. The molecule has 1 fully saturated rings. The maximum Gasteiger partial charge on any atom is 0.410 e. The van der Waals surface area contributed by atoms with Crippen molar-refractivity contribution < 1.29 is 23.9 Å². The molecule has 1 unspecified atom stereocenters. The Labute approximate surface area is 132 Å². The second-order valence-corrected chi connectivity index (χ2v) is 7.63. The maximum atomic E-state index is 12.1. The number of piperidine rings is 1. The van der Waals surface area contributed by atoms with Gasteiger partial charge in [0.2, 0.25) is 0 Å². The molecular formula is C16H27NO5. The predicted molar refractivity (Wildman–Crippen MR) is 81.4 cm³/mol. The number of rotatable bonds is 2. The van der Waals surface area contributed by atoms with E-state index in [4.69, 9.17) is 9.47 Å². The van der Waals surface area contributed by atoms with Crippen LogP contribution in [-0.2, 0) is 19.1 Å². The summed E-state index contributed by atoms with van der Waals surface area (Å²) in [6, 6.07) is 0. The fourth-order valence-electron chi connectivity index (χ4n) is 2.16. The summed E-state index contributed by atoms with van der Waals surface area (Å²) >= 11 is 0. The van der Waals surface area contributed by atoms with Crippen LogP contribution in [0.4, 0.5) is 4.79 Å². The second-order valence-electron chi connectivity index (χ2n) is 7.63. The first-order chi connectivity index (χ1) is 9.87. The Hall–Kier alpha value is -1.59. The molecule has 1 heterocycles. The highest BCUT2D eigenvalue weighted by Crippen LogP contribution is 2.21. The van der Waals surface area contributed by atoms with Crippen molar-refractivity contribution >= 4 is 17.8 Å². The Morgan fingerprint density at radius 1 is 1.09 bits per heavy atom. The molecule has 6 heteroatoms. The summed E-state index contributed by atoms with van der Waals surface area (Å²) in [5, 5.41) is 0. The normalized spacial score (nSPS) is 19.8. The van der Waals surface area contributed by atoms with Crippen LogP contribution >= 0.6 is 0 Å². The summed E-state index contributed by atoms with van der Waals surface area (Å²) in [5.74, 6) is -0.946. The lowest BCUT2D eigenvalue weighted by atomic mass is 9.93. The number of amides is 1. The molecule has 0 bridgehead atoms. The molecule has 6 nitrogen and oxygen atoms in total. The van der Waals surface area contributed by atoms with Crippen molar-refractivity contribution in [3.8, 4) is 0 Å². The average Bonchev–Trinajstić information content (AvgIpc) is 2.27. The molecule has 22 heavy (non-hydrogen) atoms. The third-order valence-electron chi connectivity index (χ3n) is 3.01. The van der Waals surface area contributed by atoms with Crippen LogP contribution in [0.1, 0.15) is 54.4 Å². The van der Waals surface area contributed by atoms with E-state index < -0.39 is 29.2 Å². The molecule has 1 saturated heterocycles. The minimum absolute atomic E-state index is 0.00456. The largest absolute Gasteiger partial charge is 0.460 e. The van der Waals surface area contributed by atoms with Crippen molar-refractivity contribution in [1.29, 1.82) is 0 Å². The van der Waals surface area contributed by atoms with Crippen LogP contribution in [0, 0.1) is 5.92 Å². The monoisotopic (exact) mass is 313 g/mol. The molecule has 0 aromatic carbocycles. The minimum Gasteiger partial charge on any atom is -0.460 e. The Morgan fingerprint density at radius 3 is 2.14 bits per heavy atom. The van der Waals surface area contributed by atoms with Crippen LogP contribution in [0.5, 0.6) is 0 Å². The topological polar surface area (TPSA) is 72.9 Å². The van der Waals surface area contributed by atoms with E-state index in [1.54, 1.807) is 41.5 Å². The first-order valence-corrected chi connectivity index (χ1v) is 7.60. The maximum absolute atomic E-state index is 12.1. The molecule has 0 N–H and O–H groups in total. The smallest absolute Gasteiger partial charge is 0.410 e. The predicted octanol–water partition coefficient (Wildman–Crippen LogP) is 2.54. The van der Waals surface area contributed by atoms with Gasteiger partial charge >= 0.3 is 12.1 Å². The van der Waals surface area contributed by atoms with Gasteiger partial charge in [0.15, 0.2) is 0 Å². The first kappa shape index (κ1) is 18.5. The van der Waals surface area contributed by atoms with Gasteiger partial charge in [0.1, 0.15) is 17.0 Å². The molecule has 1 aliphatic rings. The molecule has 0 radical (unpaired) electrons. The SMILES string of the molecule is CC(C)(C)OC(=O)CC1CN(C(=O)OC(C)(C)C)CCC1=O. The van der Waals surface area contributed by atoms with Gasteiger partial charge in [0, 0.05) is 25.4 Å². The van der Waals surface area contributed by atoms with Crippen LogP contribution in [0.25, 0.3) is 0 Å². The number of esters is 1. The second kappa shape index (κ2) is 6.67. The van der Waals surface area contributed by atoms with Gasteiger partial charge in [-0.25, -0.2) is 4.79 Å². The van der Waals surface area contributed by atoms with E-state index in [-0.39, 0.29) is 25.2 Å². The lowest BCUT2D eigenvalue weighted by molar-refractivity contribution is -0.157. The molecule has 126 valence electrons. The zero-order chi connectivity index (χ0) is 17.1. The quantitative estimate of drug-likeness (QED) is 0.733. The van der Waals surface area contributed by atoms with Crippen molar-refractivity contribution in [2.75, 3.05) is 13.1 Å². The molecule has 1 amide bonds. The van der Waals surface area contributed by atoms with E-state index >= 15 is 0 Å². The molecule has 1 rings (SSSR count). The Balaban J connectivity index is 2.62. The first-order valence-electron chi connectivity index (χ1n) is 7.60. The van der Waals surface area contributed by atoms with Gasteiger partial charge in [-0.15, -0.1) is 0 Å². The summed E-state index contributed by atoms with van der Waals surface area (Å²) in [6.45, 7) is 11.2. The molecule has 0 spiro atoms. The molecular weight excluding hydrogens is 286 g/mol. The van der Waals surface area contributed by atoms with Crippen molar-refractivity contribution in [3.05, 3.63) is 0 Å². The highest BCUT2D eigenvalue weighted by atomic mass is 16.6. The molecule has 1 atom stereocenters. The van der Waals surface area contributed by atoms with Gasteiger partial charge in [-0.3, -0.25) is 9.59 Å². The van der Waals surface area contributed by atoms with Crippen molar-refractivity contribution in [1.82, 2.24) is 4.90 Å². The standard InChI is InChI=1S/C16H27NO5/c1-15(2,3)21-13(19)9-11-10-17(8-7-12(11)18)14(20)22-16(4,5)6/h11H,7-10H2,1-6H3. The Kier molecular flexibility index (Phi) is 5.59. The van der Waals surface area contributed by atoms with Crippen LogP contribution < -0.4 is 0 Å². The van der Waals surface area contributed by atoms with Crippen molar-refractivity contribution in [2.45, 2.75) is 65.6 Å². The number of hydrogen-bond acceptors (Lipinski definition) is 5. The van der Waals surface area contributed by atoms with Gasteiger partial charge in [-0.2, -0.15) is 0 Å². The van der Waals surface area contributed by atoms with Crippen molar-refractivity contribution in [2.24, 2.45) is 5.92 Å². The van der Waals surface area contributed by atoms with Gasteiger partial charge < -0.3 is 14.4 Å². The zero-order valence-corrected chi connectivity index (χ0v) is 14.4. The third kappa shape index (κ3) is 6.45. The fraction of sp³-hybridized carbons (Fsp3) is 0.812. The van der Waals surface area contributed by atoms with E-state index in [0.29, 0.717) is 6.54 Å². The van der Waals surface area contributed by atoms with Crippen LogP contribution in [-0.4, -0.2) is 47.0 Å². The molecule has 0 aromatic rings. The van der Waals surface area contributed by atoms with Crippen molar-refractivity contribution in [3.63, 3.8) is 0 Å². The summed E-state index contributed by atoms with van der Waals surface area (Å²) in [5.41, 5.74) is -1.17. The van der Waals surface area contributed by atoms with Crippen LogP contribution in [0.3, 0.4) is 0 Å². The van der Waals surface area contributed by atoms with E-state index in [2.05, 4.69) is 0 Å². The summed E-state index contributed by atoms with van der Waals surface area (Å²) in [6.07, 6.45) is -0.212. The number of ether oxygens (including phenoxy) is 2. The van der Waals surface area contributed by atoms with E-state index in [9.17, 15) is 14.4 Å². The van der Waals surface area contributed by atoms with Gasteiger partial charge in [-0.1, -0.05) is 0 Å². The number of carbonyl (C=O) groups is 3. The van der Waals surface area contributed by atoms with Gasteiger partial charge in [-0.05, 0) is 41.5 Å². The number of hydrogen-bond donors (Lipinski definition) is 0. The fourth-order valence-corrected chi connectivity index (χ4v) is 2.16. The third-order valence-corrected chi connectivity index (χ3v) is 3.01. The highest BCUT2D eigenvalue weighted by Gasteiger charge is 2.34. The van der Waals surface area contributed by atoms with E-state index in [0.717, 1.165) is 0 Å². The molecule has 0 saturated carbocycles. The highest BCUT2D eigenvalue weighted by molar-refractivity contribution is 5.87. The van der Waals surface area contributed by atoms with Gasteiger partial charge in [0.05, 0.1) is 6.42 Å². The number of carbonyl (C=O) groups excluding carboxylic acids is 3. The number of likely N-dealkylation sites (tertiary alicyclic amines) is 1. The lowest BCUT2D eigenvalue weighted by Gasteiger charge is -2.33.